The predicted octanol–water partition coefficient (Wildman–Crippen LogP) is 8.72. The van der Waals surface area contributed by atoms with Crippen molar-refractivity contribution in [2.45, 2.75) is 96.8 Å². The van der Waals surface area contributed by atoms with Gasteiger partial charge in [-0.1, -0.05) is 70.9 Å². The second-order valence-corrected chi connectivity index (χ2v) is 18.0. The Kier molecular flexibility index (Phi) is 12.5. The number of fused-ring (bicyclic) bond motifs is 3. The van der Waals surface area contributed by atoms with Gasteiger partial charge in [0, 0.05) is 41.5 Å². The van der Waals surface area contributed by atoms with Gasteiger partial charge in [-0.3, -0.25) is 14.4 Å². The topological polar surface area (TPSA) is 179 Å². The summed E-state index contributed by atoms with van der Waals surface area (Å²) in [5, 5.41) is 5.36. The number of benzene rings is 3. The first-order valence-electron chi connectivity index (χ1n) is 22.2. The molecule has 8 rings (SSSR count). The largest absolute Gasteiger partial charge is 0.453 e. The van der Waals surface area contributed by atoms with Crippen LogP contribution < -0.4 is 10.7 Å². The molecule has 2 aromatic heterocycles. The van der Waals surface area contributed by atoms with Crippen LogP contribution in [0.4, 0.5) is 9.59 Å². The maximum absolute atomic E-state index is 14.4. The number of nitrogens with zero attached hydrogens (tertiary/aromatic N) is 4. The highest BCUT2D eigenvalue weighted by Gasteiger charge is 2.47. The Morgan fingerprint density at radius 2 is 1.52 bits per heavy atom. The number of pyridine rings is 1. The van der Waals surface area contributed by atoms with Gasteiger partial charge in [0.2, 0.25) is 11.8 Å². The normalized spacial score (nSPS) is 21.0. The molecule has 3 N–H and O–H groups in total. The first-order valence-corrected chi connectivity index (χ1v) is 22.2. The SMILES string of the molecule is COC(=O)N=CC(C(=O)N1C(c2cc(=O)c3ccc(-c4ccc5cc(-c6cnc(C7CCCN7C(=O)C(NC(=O)OC)C(C)C)[nH]6)ccc5c4)cc3[nH]2)CC2CCCCC21)C(C)C. The lowest BCUT2D eigenvalue weighted by Gasteiger charge is -2.36. The number of aromatic amines is 2. The fourth-order valence-electron chi connectivity index (χ4n) is 10.0. The van der Waals surface area contributed by atoms with Crippen LogP contribution in [-0.2, 0) is 19.1 Å². The van der Waals surface area contributed by atoms with E-state index in [-0.39, 0.29) is 47.2 Å². The molecule has 14 heteroatoms. The van der Waals surface area contributed by atoms with Gasteiger partial charge in [-0.2, -0.15) is 4.99 Å². The van der Waals surface area contributed by atoms with Gasteiger partial charge in [0.15, 0.2) is 5.43 Å². The van der Waals surface area contributed by atoms with E-state index in [1.165, 1.54) is 20.4 Å². The highest BCUT2D eigenvalue weighted by Crippen LogP contribution is 2.47. The molecule has 0 spiro atoms. The third-order valence-electron chi connectivity index (χ3n) is 13.4. The molecular formula is C49H57N7O7. The second kappa shape index (κ2) is 18.2. The summed E-state index contributed by atoms with van der Waals surface area (Å²) in [7, 11) is 2.55. The first-order chi connectivity index (χ1) is 30.3. The predicted molar refractivity (Wildman–Crippen MR) is 242 cm³/mol. The van der Waals surface area contributed by atoms with E-state index >= 15 is 0 Å². The Morgan fingerprint density at radius 3 is 2.25 bits per heavy atom. The molecule has 1 aliphatic carbocycles. The third-order valence-corrected chi connectivity index (χ3v) is 13.4. The van der Waals surface area contributed by atoms with E-state index in [4.69, 9.17) is 14.5 Å². The zero-order valence-corrected chi connectivity index (χ0v) is 36.9. The summed E-state index contributed by atoms with van der Waals surface area (Å²) in [6, 6.07) is 18.9. The molecule has 5 aromatic rings. The third kappa shape index (κ3) is 8.72. The van der Waals surface area contributed by atoms with Crippen LogP contribution in [0.1, 0.15) is 96.2 Å². The van der Waals surface area contributed by atoms with Crippen molar-refractivity contribution in [3.63, 3.8) is 0 Å². The summed E-state index contributed by atoms with van der Waals surface area (Å²) < 4.78 is 9.50. The summed E-state index contributed by atoms with van der Waals surface area (Å²) in [6.45, 7) is 8.27. The van der Waals surface area contributed by atoms with Crippen molar-refractivity contribution < 1.29 is 28.7 Å². The van der Waals surface area contributed by atoms with Crippen molar-refractivity contribution in [2.75, 3.05) is 20.8 Å². The molecular weight excluding hydrogens is 799 g/mol. The summed E-state index contributed by atoms with van der Waals surface area (Å²) in [5.41, 5.74) is 5.07. The Morgan fingerprint density at radius 1 is 0.810 bits per heavy atom. The maximum Gasteiger partial charge on any atom is 0.432 e. The Labute approximate surface area is 366 Å². The number of hydrogen-bond donors (Lipinski definition) is 3. The van der Waals surface area contributed by atoms with E-state index in [0.717, 1.165) is 83.8 Å². The van der Waals surface area contributed by atoms with Crippen molar-refractivity contribution in [3.05, 3.63) is 88.6 Å². The molecule has 63 heavy (non-hydrogen) atoms. The number of alkyl carbamates (subject to hydrolysis) is 1. The lowest BCUT2D eigenvalue weighted by molar-refractivity contribution is -0.138. The number of rotatable bonds is 10. The van der Waals surface area contributed by atoms with E-state index in [9.17, 15) is 24.0 Å². The molecule has 3 aliphatic rings. The lowest BCUT2D eigenvalue weighted by atomic mass is 9.84. The van der Waals surface area contributed by atoms with Crippen LogP contribution in [0.25, 0.3) is 44.1 Å². The van der Waals surface area contributed by atoms with Gasteiger partial charge in [-0.15, -0.1) is 0 Å². The minimum absolute atomic E-state index is 0.0529. The number of ether oxygens (including phenoxy) is 2. The zero-order chi connectivity index (χ0) is 44.5. The number of aliphatic imine (C=N–C) groups is 1. The molecule has 4 amide bonds. The zero-order valence-electron chi connectivity index (χ0n) is 36.9. The number of likely N-dealkylation sites (tertiary alicyclic amines) is 2. The molecule has 3 aromatic carbocycles. The molecule has 4 heterocycles. The molecule has 14 nitrogen and oxygen atoms in total. The molecule has 6 atom stereocenters. The summed E-state index contributed by atoms with van der Waals surface area (Å²) >= 11 is 0. The van der Waals surface area contributed by atoms with E-state index in [2.05, 4.69) is 56.7 Å². The number of methoxy groups -OCH3 is 2. The highest BCUT2D eigenvalue weighted by molar-refractivity contribution is 5.97. The summed E-state index contributed by atoms with van der Waals surface area (Å²) in [6.07, 6.45) is 8.29. The molecule has 0 bridgehead atoms. The van der Waals surface area contributed by atoms with Gasteiger partial charge in [0.05, 0.1) is 49.6 Å². The fraction of sp³-hybridized carbons (Fsp3) is 0.449. The minimum atomic E-state index is -0.743. The monoisotopic (exact) mass is 855 g/mol. The molecule has 2 saturated heterocycles. The van der Waals surface area contributed by atoms with Crippen LogP contribution in [-0.4, -0.2) is 87.8 Å². The van der Waals surface area contributed by atoms with Crippen molar-refractivity contribution in [2.24, 2.45) is 28.7 Å². The van der Waals surface area contributed by atoms with Crippen molar-refractivity contribution >= 4 is 51.9 Å². The van der Waals surface area contributed by atoms with Gasteiger partial charge in [-0.05, 0) is 96.0 Å². The van der Waals surface area contributed by atoms with Crippen molar-refractivity contribution in [1.29, 1.82) is 0 Å². The first kappa shape index (κ1) is 43.3. The van der Waals surface area contributed by atoms with Crippen LogP contribution in [0, 0.1) is 23.7 Å². The lowest BCUT2D eigenvalue weighted by Crippen LogP contribution is -2.51. The molecule has 330 valence electrons. The van der Waals surface area contributed by atoms with Crippen LogP contribution >= 0.6 is 0 Å². The molecule has 3 fully saturated rings. The van der Waals surface area contributed by atoms with Crippen LogP contribution in [0.5, 0.6) is 0 Å². The minimum Gasteiger partial charge on any atom is -0.453 e. The van der Waals surface area contributed by atoms with Crippen LogP contribution in [0.2, 0.25) is 0 Å². The molecule has 1 saturated carbocycles. The smallest absolute Gasteiger partial charge is 0.432 e. The van der Waals surface area contributed by atoms with E-state index in [1.54, 1.807) is 17.2 Å². The number of H-pyrrole nitrogens is 2. The molecule has 2 aliphatic heterocycles. The number of nitrogens with one attached hydrogen (secondary N) is 3. The quantitative estimate of drug-likeness (QED) is 0.117. The Bertz CT molecular complexity index is 2630. The fourth-order valence-corrected chi connectivity index (χ4v) is 10.0. The van der Waals surface area contributed by atoms with E-state index in [0.29, 0.717) is 29.2 Å². The molecule has 0 radical (unpaired) electrons. The number of carbonyl (C=O) groups excluding carboxylic acids is 4. The summed E-state index contributed by atoms with van der Waals surface area (Å²) in [5.74, 6) is -0.0447. The van der Waals surface area contributed by atoms with Gasteiger partial charge in [-0.25, -0.2) is 14.6 Å². The van der Waals surface area contributed by atoms with Gasteiger partial charge >= 0.3 is 12.2 Å². The number of amides is 4. The molecule has 6 unspecified atom stereocenters. The number of imidazole rings is 1. The maximum atomic E-state index is 14.4. The standard InChI is InChI=1S/C49H57N7O7/c1-27(2)36(25-51-48(60)62-5)46(58)56-40-11-8-7-10-34(40)23-42(56)38-24-43(57)35-18-17-32(22-37(35)52-38)30-13-14-31-21-33(16-15-29(31)20-30)39-26-50-45(53-39)41-12-9-19-55(41)47(59)44(28(3)4)54-49(61)63-6/h13-18,20-22,24-28,34,36,40-42,44H,7-12,19,23H2,1-6H3,(H,50,53)(H,52,57)(H,54,61). The van der Waals surface area contributed by atoms with Crippen molar-refractivity contribution in [3.8, 4) is 22.4 Å². The van der Waals surface area contributed by atoms with Gasteiger partial charge in [0.1, 0.15) is 11.9 Å². The average molecular weight is 856 g/mol. The highest BCUT2D eigenvalue weighted by atomic mass is 16.5. The van der Waals surface area contributed by atoms with Crippen LogP contribution in [0.3, 0.4) is 0 Å². The van der Waals surface area contributed by atoms with Crippen LogP contribution in [0.15, 0.2) is 76.6 Å². The number of aromatic nitrogens is 3. The Hall–Kier alpha value is -6.31. The van der Waals surface area contributed by atoms with E-state index in [1.807, 2.05) is 50.8 Å². The van der Waals surface area contributed by atoms with Gasteiger partial charge in [0.25, 0.3) is 0 Å². The average Bonchev–Trinajstić information content (AvgIpc) is 4.06. The Balaban J connectivity index is 1.04. The van der Waals surface area contributed by atoms with Crippen molar-refractivity contribution in [1.82, 2.24) is 30.1 Å². The van der Waals surface area contributed by atoms with E-state index < -0.39 is 24.1 Å². The summed E-state index contributed by atoms with van der Waals surface area (Å²) in [4.78, 5) is 85.3. The second-order valence-electron chi connectivity index (χ2n) is 18.0. The number of hydrogen-bond acceptors (Lipinski definition) is 8. The number of carbonyl (C=O) groups is 4. The van der Waals surface area contributed by atoms with Gasteiger partial charge < -0.3 is 34.6 Å².